The number of para-hydroxylation sites is 1. The molecule has 0 saturated carbocycles. The number of methoxy groups -OCH3 is 1. The lowest BCUT2D eigenvalue weighted by atomic mass is 9.85. The lowest BCUT2D eigenvalue weighted by molar-refractivity contribution is -0.116. The second-order valence-electron chi connectivity index (χ2n) is 8.71. The van der Waals surface area contributed by atoms with Crippen LogP contribution in [0, 0.1) is 6.92 Å². The van der Waals surface area contributed by atoms with Gasteiger partial charge < -0.3 is 14.8 Å². The third-order valence-electron chi connectivity index (χ3n) is 6.39. The van der Waals surface area contributed by atoms with Gasteiger partial charge in [0.05, 0.1) is 23.0 Å². The molecule has 180 valence electrons. The molecule has 0 radical (unpaired) electrons. The van der Waals surface area contributed by atoms with Crippen LogP contribution < -0.4 is 14.8 Å². The van der Waals surface area contributed by atoms with E-state index >= 15 is 0 Å². The fourth-order valence-corrected chi connectivity index (χ4v) is 5.60. The van der Waals surface area contributed by atoms with Gasteiger partial charge in [-0.05, 0) is 42.3 Å². The van der Waals surface area contributed by atoms with Crippen molar-refractivity contribution < 1.29 is 14.3 Å². The van der Waals surface area contributed by atoms with E-state index in [1.54, 1.807) is 23.1 Å². The highest BCUT2D eigenvalue weighted by Crippen LogP contribution is 2.43. The first-order chi connectivity index (χ1) is 17.6. The van der Waals surface area contributed by atoms with E-state index in [9.17, 15) is 4.79 Å². The maximum atomic E-state index is 12.8. The van der Waals surface area contributed by atoms with Crippen LogP contribution >= 0.6 is 11.3 Å². The zero-order valence-corrected chi connectivity index (χ0v) is 20.7. The molecule has 0 fully saturated rings. The van der Waals surface area contributed by atoms with E-state index in [-0.39, 0.29) is 11.8 Å². The number of rotatable bonds is 6. The lowest BCUT2D eigenvalue weighted by Crippen LogP contribution is -2.25. The molecule has 1 amide bonds. The predicted octanol–water partition coefficient (Wildman–Crippen LogP) is 5.85. The van der Waals surface area contributed by atoms with E-state index in [1.165, 1.54) is 0 Å². The van der Waals surface area contributed by atoms with Gasteiger partial charge in [-0.1, -0.05) is 59.9 Å². The maximum Gasteiger partial charge on any atom is 0.226 e. The number of aryl methyl sites for hydroxylation is 1. The summed E-state index contributed by atoms with van der Waals surface area (Å²) < 4.78 is 14.5. The Morgan fingerprint density at radius 1 is 1.06 bits per heavy atom. The Morgan fingerprint density at radius 3 is 2.67 bits per heavy atom. The minimum atomic E-state index is -0.158. The summed E-state index contributed by atoms with van der Waals surface area (Å²) >= 11 is 1.55. The quantitative estimate of drug-likeness (QED) is 0.319. The first-order valence-electron chi connectivity index (χ1n) is 11.7. The lowest BCUT2D eigenvalue weighted by Gasteiger charge is -2.25. The Labute approximate surface area is 212 Å². The Hall–Kier alpha value is -4.17. The third-order valence-corrected chi connectivity index (χ3v) is 7.41. The Kier molecular flexibility index (Phi) is 5.65. The standard InChI is InChI=1S/C28H24N4O3S/c1-17-26-20(19-12-13-22(23(14-19)34-2)35-16-18-8-4-3-5-9-18)15-25(33)30-27(26)32(31-17)28-29-21-10-6-7-11-24(21)36-28/h3-14,20H,15-16H2,1-2H3,(H,30,33)/t20-/m1/s1. The molecule has 1 aliphatic heterocycles. The molecule has 3 aromatic carbocycles. The SMILES string of the molecule is COc1cc([C@H]2CC(=O)Nc3c2c(C)nn3-c2nc3ccccc3s2)ccc1OCc1ccccc1. The number of anilines is 1. The first-order valence-corrected chi connectivity index (χ1v) is 12.5. The average Bonchev–Trinajstić information content (AvgIpc) is 3.48. The van der Waals surface area contributed by atoms with Gasteiger partial charge in [0.25, 0.3) is 0 Å². The molecule has 0 spiro atoms. The normalized spacial score (nSPS) is 14.9. The number of nitrogens with zero attached hydrogens (tertiary/aromatic N) is 3. The summed E-state index contributed by atoms with van der Waals surface area (Å²) in [5.41, 5.74) is 4.82. The smallest absolute Gasteiger partial charge is 0.226 e. The molecule has 36 heavy (non-hydrogen) atoms. The van der Waals surface area contributed by atoms with Gasteiger partial charge >= 0.3 is 0 Å². The van der Waals surface area contributed by atoms with Gasteiger partial charge in [-0.15, -0.1) is 0 Å². The van der Waals surface area contributed by atoms with Gasteiger partial charge in [0.1, 0.15) is 12.4 Å². The van der Waals surface area contributed by atoms with Gasteiger partial charge in [0.2, 0.25) is 11.0 Å². The van der Waals surface area contributed by atoms with Crippen LogP contribution in [0.25, 0.3) is 15.3 Å². The number of nitrogens with one attached hydrogen (secondary N) is 1. The minimum Gasteiger partial charge on any atom is -0.493 e. The van der Waals surface area contributed by atoms with E-state index in [1.807, 2.05) is 79.7 Å². The molecule has 8 heteroatoms. The van der Waals surface area contributed by atoms with E-state index < -0.39 is 0 Å². The molecule has 0 saturated heterocycles. The second kappa shape index (κ2) is 9.13. The van der Waals surface area contributed by atoms with Crippen molar-refractivity contribution in [3.05, 3.63) is 95.2 Å². The molecule has 7 nitrogen and oxygen atoms in total. The summed E-state index contributed by atoms with van der Waals surface area (Å²) in [6, 6.07) is 23.9. The number of aromatic nitrogens is 3. The van der Waals surface area contributed by atoms with Crippen LogP contribution in [0.1, 0.15) is 34.7 Å². The topological polar surface area (TPSA) is 78.3 Å². The average molecular weight is 497 g/mol. The van der Waals surface area contributed by atoms with Crippen LogP contribution in [0.3, 0.4) is 0 Å². The Balaban J connectivity index is 1.36. The fourth-order valence-electron chi connectivity index (χ4n) is 4.68. The van der Waals surface area contributed by atoms with E-state index in [0.717, 1.165) is 37.7 Å². The monoisotopic (exact) mass is 496 g/mol. The van der Waals surface area contributed by atoms with Crippen molar-refractivity contribution in [1.29, 1.82) is 0 Å². The number of ether oxygens (including phenoxy) is 2. The van der Waals surface area contributed by atoms with Gasteiger partial charge in [-0.2, -0.15) is 9.78 Å². The molecule has 0 unspecified atom stereocenters. The van der Waals surface area contributed by atoms with E-state index in [0.29, 0.717) is 30.3 Å². The first kappa shape index (κ1) is 22.3. The summed E-state index contributed by atoms with van der Waals surface area (Å²) in [4.78, 5) is 17.6. The van der Waals surface area contributed by atoms with Crippen LogP contribution in [0.4, 0.5) is 5.82 Å². The number of carbonyl (C=O) groups excluding carboxylic acids is 1. The minimum absolute atomic E-state index is 0.0573. The van der Waals surface area contributed by atoms with E-state index in [4.69, 9.17) is 19.6 Å². The van der Waals surface area contributed by atoms with Gasteiger partial charge in [-0.25, -0.2) is 4.98 Å². The third kappa shape index (κ3) is 3.99. The number of benzene rings is 3. The van der Waals surface area contributed by atoms with Gasteiger partial charge in [-0.3, -0.25) is 4.79 Å². The molecule has 1 atom stereocenters. The second-order valence-corrected chi connectivity index (χ2v) is 9.72. The molecule has 5 aromatic rings. The van der Waals surface area contributed by atoms with E-state index in [2.05, 4.69) is 5.32 Å². The van der Waals surface area contributed by atoms with Crippen molar-refractivity contribution in [2.75, 3.05) is 12.4 Å². The maximum absolute atomic E-state index is 12.8. The molecular formula is C28H24N4O3S. The molecule has 3 heterocycles. The Bertz CT molecular complexity index is 1540. The largest absolute Gasteiger partial charge is 0.493 e. The molecule has 1 N–H and O–H groups in total. The molecule has 2 aromatic heterocycles. The molecule has 6 rings (SSSR count). The highest BCUT2D eigenvalue weighted by Gasteiger charge is 2.33. The Morgan fingerprint density at radius 2 is 1.86 bits per heavy atom. The number of fused-ring (bicyclic) bond motifs is 2. The molecule has 0 aliphatic carbocycles. The zero-order valence-electron chi connectivity index (χ0n) is 19.9. The number of carbonyl (C=O) groups is 1. The number of hydrogen-bond acceptors (Lipinski definition) is 6. The molecule has 0 bridgehead atoms. The van der Waals surface area contributed by atoms with Crippen molar-refractivity contribution in [1.82, 2.24) is 14.8 Å². The predicted molar refractivity (Wildman–Crippen MR) is 140 cm³/mol. The summed E-state index contributed by atoms with van der Waals surface area (Å²) in [5, 5.41) is 8.55. The van der Waals surface area contributed by atoms with Crippen molar-refractivity contribution >= 4 is 33.3 Å². The zero-order chi connectivity index (χ0) is 24.6. The van der Waals surface area contributed by atoms with Crippen LogP contribution in [0.2, 0.25) is 0 Å². The van der Waals surface area contributed by atoms with Gasteiger partial charge in [0, 0.05) is 17.9 Å². The van der Waals surface area contributed by atoms with Crippen molar-refractivity contribution in [3.63, 3.8) is 0 Å². The van der Waals surface area contributed by atoms with Crippen molar-refractivity contribution in [2.24, 2.45) is 0 Å². The summed E-state index contributed by atoms with van der Waals surface area (Å²) in [7, 11) is 1.63. The number of amides is 1. The fraction of sp³-hybridized carbons (Fsp3) is 0.179. The van der Waals surface area contributed by atoms with Crippen LogP contribution in [0.5, 0.6) is 11.5 Å². The highest BCUT2D eigenvalue weighted by molar-refractivity contribution is 7.20. The van der Waals surface area contributed by atoms with Crippen LogP contribution in [-0.2, 0) is 11.4 Å². The summed E-state index contributed by atoms with van der Waals surface area (Å²) in [6.07, 6.45) is 0.326. The summed E-state index contributed by atoms with van der Waals surface area (Å²) in [6.45, 7) is 2.42. The van der Waals surface area contributed by atoms with Crippen LogP contribution in [-0.4, -0.2) is 27.8 Å². The van der Waals surface area contributed by atoms with Crippen molar-refractivity contribution in [3.8, 4) is 16.6 Å². The van der Waals surface area contributed by atoms with Crippen molar-refractivity contribution in [2.45, 2.75) is 25.9 Å². The molecule has 1 aliphatic rings. The molecular weight excluding hydrogens is 472 g/mol. The van der Waals surface area contributed by atoms with Gasteiger partial charge in [0.15, 0.2) is 11.5 Å². The highest BCUT2D eigenvalue weighted by atomic mass is 32.1. The summed E-state index contributed by atoms with van der Waals surface area (Å²) in [5.74, 6) is 1.75. The number of thiazole rings is 1. The van der Waals surface area contributed by atoms with Crippen LogP contribution in [0.15, 0.2) is 72.8 Å². The number of hydrogen-bond donors (Lipinski definition) is 1.